The summed E-state index contributed by atoms with van der Waals surface area (Å²) < 4.78 is 0. The lowest BCUT2D eigenvalue weighted by Gasteiger charge is -2.30. The molecule has 0 radical (unpaired) electrons. The zero-order valence-electron chi connectivity index (χ0n) is 14.6. The molecule has 1 aromatic carbocycles. The van der Waals surface area contributed by atoms with E-state index in [9.17, 15) is 4.79 Å². The van der Waals surface area contributed by atoms with Gasteiger partial charge in [-0.25, -0.2) is 4.98 Å². The number of aromatic nitrogens is 5. The Morgan fingerprint density at radius 2 is 2.00 bits per heavy atom. The van der Waals surface area contributed by atoms with Gasteiger partial charge >= 0.3 is 0 Å². The third kappa shape index (κ3) is 2.06. The molecule has 0 aliphatic carbocycles. The van der Waals surface area contributed by atoms with Gasteiger partial charge < -0.3 is 4.90 Å². The number of amides is 1. The molecule has 0 fully saturated rings. The van der Waals surface area contributed by atoms with E-state index in [1.807, 2.05) is 36.4 Å². The van der Waals surface area contributed by atoms with E-state index < -0.39 is 0 Å². The van der Waals surface area contributed by atoms with Crippen LogP contribution in [0.15, 0.2) is 24.5 Å². The summed E-state index contributed by atoms with van der Waals surface area (Å²) >= 11 is 0. The molecule has 0 unspecified atom stereocenters. The summed E-state index contributed by atoms with van der Waals surface area (Å²) in [6, 6.07) is 4.05. The lowest BCUT2D eigenvalue weighted by atomic mass is 9.90. The molecule has 26 heavy (non-hydrogen) atoms. The summed E-state index contributed by atoms with van der Waals surface area (Å²) in [6.07, 6.45) is 4.48. The molecule has 4 aromatic rings. The number of hydrogen-bond acceptors (Lipinski definition) is 4. The first-order valence-corrected chi connectivity index (χ1v) is 8.67. The number of hydrogen-bond donors (Lipinski definition) is 2. The molecule has 7 nitrogen and oxygen atoms in total. The quantitative estimate of drug-likeness (QED) is 0.554. The highest BCUT2D eigenvalue weighted by Crippen LogP contribution is 2.37. The van der Waals surface area contributed by atoms with Crippen LogP contribution in [0.4, 0.5) is 0 Å². The minimum Gasteiger partial charge on any atom is -0.338 e. The third-order valence-corrected chi connectivity index (χ3v) is 5.30. The lowest BCUT2D eigenvalue weighted by Crippen LogP contribution is -2.34. The minimum atomic E-state index is 0.0899. The average molecular weight is 346 g/mol. The van der Waals surface area contributed by atoms with Crippen LogP contribution in [0.1, 0.15) is 23.7 Å². The Labute approximate surface area is 149 Å². The Bertz CT molecular complexity index is 1170. The van der Waals surface area contributed by atoms with Crippen LogP contribution in [0.25, 0.3) is 33.1 Å². The SMILES string of the molecule is CC(=O)N1CCc2c(c(-c3cn[nH]c3C)nc3ccc4[nH]ncc4c23)C1. The largest absolute Gasteiger partial charge is 0.338 e. The molecule has 0 saturated carbocycles. The molecule has 0 spiro atoms. The van der Waals surface area contributed by atoms with Crippen molar-refractivity contribution in [1.29, 1.82) is 0 Å². The van der Waals surface area contributed by atoms with Crippen LogP contribution in [0.5, 0.6) is 0 Å². The normalized spacial score (nSPS) is 14.2. The smallest absolute Gasteiger partial charge is 0.219 e. The number of fused-ring (bicyclic) bond motifs is 5. The van der Waals surface area contributed by atoms with Gasteiger partial charge in [0, 0.05) is 47.6 Å². The third-order valence-electron chi connectivity index (χ3n) is 5.30. The van der Waals surface area contributed by atoms with Crippen LogP contribution in [-0.2, 0) is 17.8 Å². The van der Waals surface area contributed by atoms with Crippen molar-refractivity contribution in [1.82, 2.24) is 30.3 Å². The minimum absolute atomic E-state index is 0.0899. The van der Waals surface area contributed by atoms with Crippen molar-refractivity contribution in [2.45, 2.75) is 26.8 Å². The second kappa shape index (κ2) is 5.39. The molecule has 130 valence electrons. The Morgan fingerprint density at radius 3 is 2.77 bits per heavy atom. The van der Waals surface area contributed by atoms with Gasteiger partial charge in [-0.3, -0.25) is 15.0 Å². The summed E-state index contributed by atoms with van der Waals surface area (Å²) in [6.45, 7) is 4.91. The number of carbonyl (C=O) groups is 1. The van der Waals surface area contributed by atoms with Crippen LogP contribution < -0.4 is 0 Å². The zero-order chi connectivity index (χ0) is 17.8. The summed E-state index contributed by atoms with van der Waals surface area (Å²) in [7, 11) is 0. The van der Waals surface area contributed by atoms with E-state index in [1.165, 1.54) is 5.56 Å². The van der Waals surface area contributed by atoms with Gasteiger partial charge in [0.05, 0.1) is 29.1 Å². The molecule has 0 bridgehead atoms. The molecular formula is C19H18N6O. The second-order valence-electron chi connectivity index (χ2n) is 6.81. The molecule has 3 aromatic heterocycles. The maximum absolute atomic E-state index is 12.0. The van der Waals surface area contributed by atoms with Crippen LogP contribution >= 0.6 is 0 Å². The molecule has 5 rings (SSSR count). The first-order chi connectivity index (χ1) is 12.6. The van der Waals surface area contributed by atoms with Crippen LogP contribution in [0, 0.1) is 6.92 Å². The van der Waals surface area contributed by atoms with Crippen molar-refractivity contribution in [3.05, 3.63) is 41.3 Å². The van der Waals surface area contributed by atoms with Crippen molar-refractivity contribution in [3.8, 4) is 11.3 Å². The summed E-state index contributed by atoms with van der Waals surface area (Å²) in [4.78, 5) is 18.8. The van der Waals surface area contributed by atoms with Crippen LogP contribution in [0.2, 0.25) is 0 Å². The average Bonchev–Trinajstić information content (AvgIpc) is 3.28. The number of H-pyrrole nitrogens is 2. The number of aromatic amines is 2. The maximum atomic E-state index is 12.0. The van der Waals surface area contributed by atoms with Gasteiger partial charge in [0.15, 0.2) is 0 Å². The summed E-state index contributed by atoms with van der Waals surface area (Å²) in [5.41, 5.74) is 7.19. The predicted octanol–water partition coefficient (Wildman–Crippen LogP) is 2.71. The van der Waals surface area contributed by atoms with E-state index in [0.717, 1.165) is 57.3 Å². The van der Waals surface area contributed by atoms with Crippen molar-refractivity contribution in [2.75, 3.05) is 6.54 Å². The van der Waals surface area contributed by atoms with Gasteiger partial charge in [-0.15, -0.1) is 0 Å². The zero-order valence-corrected chi connectivity index (χ0v) is 14.6. The van der Waals surface area contributed by atoms with Crippen molar-refractivity contribution >= 4 is 27.7 Å². The highest BCUT2D eigenvalue weighted by molar-refractivity contribution is 6.07. The number of nitrogens with one attached hydrogen (secondary N) is 2. The van der Waals surface area contributed by atoms with Gasteiger partial charge in [-0.2, -0.15) is 10.2 Å². The van der Waals surface area contributed by atoms with E-state index >= 15 is 0 Å². The molecule has 0 atom stereocenters. The standard InChI is InChI=1S/C19H18N6O/c1-10-13(7-20-23-10)19-15-9-25(11(2)26)6-5-12(15)18-14-8-21-24-16(14)3-4-17(18)22-19/h3-4,7-8H,5-6,9H2,1-2H3,(H,20,23)(H,21,24). The fourth-order valence-corrected chi connectivity index (χ4v) is 3.94. The van der Waals surface area contributed by atoms with E-state index in [-0.39, 0.29) is 5.91 Å². The lowest BCUT2D eigenvalue weighted by molar-refractivity contribution is -0.129. The molecule has 2 N–H and O–H groups in total. The van der Waals surface area contributed by atoms with Gasteiger partial charge in [-0.1, -0.05) is 0 Å². The first-order valence-electron chi connectivity index (χ1n) is 8.67. The van der Waals surface area contributed by atoms with Gasteiger partial charge in [0.25, 0.3) is 0 Å². The van der Waals surface area contributed by atoms with Gasteiger partial charge in [-0.05, 0) is 31.0 Å². The fourth-order valence-electron chi connectivity index (χ4n) is 3.94. The molecule has 1 amide bonds. The Morgan fingerprint density at radius 1 is 1.15 bits per heavy atom. The Balaban J connectivity index is 1.87. The monoisotopic (exact) mass is 346 g/mol. The second-order valence-corrected chi connectivity index (χ2v) is 6.81. The molecule has 4 heterocycles. The summed E-state index contributed by atoms with van der Waals surface area (Å²) in [5, 5.41) is 16.6. The van der Waals surface area contributed by atoms with Crippen LogP contribution in [-0.4, -0.2) is 42.7 Å². The Hall–Kier alpha value is -3.22. The van der Waals surface area contributed by atoms with E-state index in [1.54, 1.807) is 6.92 Å². The number of pyridine rings is 1. The predicted molar refractivity (Wildman–Crippen MR) is 98.5 cm³/mol. The first kappa shape index (κ1) is 15.1. The van der Waals surface area contributed by atoms with Crippen molar-refractivity contribution < 1.29 is 4.79 Å². The van der Waals surface area contributed by atoms with Crippen LogP contribution in [0.3, 0.4) is 0 Å². The number of carbonyl (C=O) groups excluding carboxylic acids is 1. The van der Waals surface area contributed by atoms with Crippen molar-refractivity contribution in [3.63, 3.8) is 0 Å². The van der Waals surface area contributed by atoms with Crippen molar-refractivity contribution in [2.24, 2.45) is 0 Å². The molecular weight excluding hydrogens is 328 g/mol. The number of rotatable bonds is 1. The highest BCUT2D eigenvalue weighted by atomic mass is 16.2. The topological polar surface area (TPSA) is 90.6 Å². The molecule has 1 aliphatic rings. The van der Waals surface area contributed by atoms with E-state index in [2.05, 4.69) is 20.4 Å². The van der Waals surface area contributed by atoms with E-state index in [0.29, 0.717) is 6.54 Å². The van der Waals surface area contributed by atoms with Gasteiger partial charge in [0.2, 0.25) is 5.91 Å². The highest BCUT2D eigenvalue weighted by Gasteiger charge is 2.26. The summed E-state index contributed by atoms with van der Waals surface area (Å²) in [5.74, 6) is 0.0899. The number of aryl methyl sites for hydroxylation is 1. The number of benzene rings is 1. The maximum Gasteiger partial charge on any atom is 0.219 e. The molecule has 0 saturated heterocycles. The fraction of sp³-hybridized carbons (Fsp3) is 0.263. The number of nitrogens with zero attached hydrogens (tertiary/aromatic N) is 4. The molecule has 7 heteroatoms. The Kier molecular flexibility index (Phi) is 3.12. The van der Waals surface area contributed by atoms with Gasteiger partial charge in [0.1, 0.15) is 0 Å². The molecule has 1 aliphatic heterocycles. The van der Waals surface area contributed by atoms with E-state index in [4.69, 9.17) is 4.98 Å².